The standard InChI is InChI=1S/C16H12OTe/c17-16-14-9-5-4-6-12(14)10-11-15(16)18-13-7-2-1-3-8-13/h1-11,17H. The molecule has 3 aromatic rings. The summed E-state index contributed by atoms with van der Waals surface area (Å²) in [6.07, 6.45) is 0. The van der Waals surface area contributed by atoms with Gasteiger partial charge in [-0.2, -0.15) is 0 Å². The number of phenols is 1. The normalized spacial score (nSPS) is 10.7. The predicted molar refractivity (Wildman–Crippen MR) is 77.1 cm³/mol. The molecule has 0 spiro atoms. The van der Waals surface area contributed by atoms with Crippen LogP contribution in [0.4, 0.5) is 0 Å². The van der Waals surface area contributed by atoms with Crippen LogP contribution in [0, 0.1) is 0 Å². The average Bonchev–Trinajstić information content (AvgIpc) is 2.43. The Labute approximate surface area is 116 Å². The molecule has 0 fully saturated rings. The third-order valence-electron chi connectivity index (χ3n) is 2.83. The van der Waals surface area contributed by atoms with Gasteiger partial charge in [0, 0.05) is 0 Å². The van der Waals surface area contributed by atoms with Crippen LogP contribution in [-0.2, 0) is 0 Å². The Hall–Kier alpha value is -1.49. The molecule has 0 aromatic heterocycles. The molecule has 3 aromatic carbocycles. The van der Waals surface area contributed by atoms with Crippen molar-refractivity contribution in [2.24, 2.45) is 0 Å². The molecule has 0 radical (unpaired) electrons. The van der Waals surface area contributed by atoms with E-state index in [9.17, 15) is 5.11 Å². The third kappa shape index (κ3) is 2.22. The number of hydrogen-bond donors (Lipinski definition) is 1. The zero-order valence-electron chi connectivity index (χ0n) is 9.71. The third-order valence-corrected chi connectivity index (χ3v) is 5.85. The van der Waals surface area contributed by atoms with Gasteiger partial charge in [0.1, 0.15) is 0 Å². The van der Waals surface area contributed by atoms with E-state index in [1.165, 1.54) is 3.61 Å². The SMILES string of the molecule is Oc1c([Te]c2ccccc2)ccc2ccccc12. The Balaban J connectivity index is 2.05. The van der Waals surface area contributed by atoms with Crippen LogP contribution < -0.4 is 7.22 Å². The number of benzene rings is 3. The molecule has 3 rings (SSSR count). The quantitative estimate of drug-likeness (QED) is 0.705. The summed E-state index contributed by atoms with van der Waals surface area (Å²) in [6.45, 7) is 0. The predicted octanol–water partition coefficient (Wildman–Crippen LogP) is 2.20. The van der Waals surface area contributed by atoms with Crippen molar-refractivity contribution in [1.29, 1.82) is 0 Å². The van der Waals surface area contributed by atoms with Crippen molar-refractivity contribution in [3.8, 4) is 5.75 Å². The fourth-order valence-corrected chi connectivity index (χ4v) is 4.47. The molecule has 88 valence electrons. The minimum absolute atomic E-state index is 0.458. The zero-order chi connectivity index (χ0) is 12.4. The summed E-state index contributed by atoms with van der Waals surface area (Å²) in [5.41, 5.74) is 0. The van der Waals surface area contributed by atoms with Gasteiger partial charge in [-0.25, -0.2) is 0 Å². The maximum absolute atomic E-state index is 10.3. The van der Waals surface area contributed by atoms with E-state index < -0.39 is 20.9 Å². The molecule has 0 heterocycles. The molecule has 1 nitrogen and oxygen atoms in total. The van der Waals surface area contributed by atoms with Gasteiger partial charge in [0.25, 0.3) is 0 Å². The summed E-state index contributed by atoms with van der Waals surface area (Å²) in [5.74, 6) is 0.458. The van der Waals surface area contributed by atoms with Crippen LogP contribution in [0.15, 0.2) is 66.7 Å². The number of fused-ring (bicyclic) bond motifs is 1. The van der Waals surface area contributed by atoms with Crippen LogP contribution in [0.1, 0.15) is 0 Å². The van der Waals surface area contributed by atoms with Crippen LogP contribution in [0.3, 0.4) is 0 Å². The molecule has 2 heteroatoms. The molecular formula is C16H12OTe. The minimum atomic E-state index is -0.514. The van der Waals surface area contributed by atoms with E-state index >= 15 is 0 Å². The fourth-order valence-electron chi connectivity index (χ4n) is 1.93. The average molecular weight is 348 g/mol. The van der Waals surface area contributed by atoms with Gasteiger partial charge >= 0.3 is 117 Å². The number of hydrogen-bond acceptors (Lipinski definition) is 1. The Morgan fingerprint density at radius 2 is 1.44 bits per heavy atom. The summed E-state index contributed by atoms with van der Waals surface area (Å²) in [6, 6.07) is 22.5. The molecular weight excluding hydrogens is 336 g/mol. The van der Waals surface area contributed by atoms with E-state index in [0.29, 0.717) is 5.75 Å². The Morgan fingerprint density at radius 1 is 0.722 bits per heavy atom. The molecule has 0 aliphatic heterocycles. The van der Waals surface area contributed by atoms with Crippen molar-refractivity contribution in [3.05, 3.63) is 66.7 Å². The van der Waals surface area contributed by atoms with Crippen molar-refractivity contribution in [1.82, 2.24) is 0 Å². The van der Waals surface area contributed by atoms with Gasteiger partial charge in [0.15, 0.2) is 0 Å². The van der Waals surface area contributed by atoms with Gasteiger partial charge in [-0.1, -0.05) is 0 Å². The Morgan fingerprint density at radius 3 is 2.28 bits per heavy atom. The van der Waals surface area contributed by atoms with Gasteiger partial charge in [-0.05, 0) is 0 Å². The molecule has 0 amide bonds. The van der Waals surface area contributed by atoms with Gasteiger partial charge in [0.2, 0.25) is 0 Å². The van der Waals surface area contributed by atoms with E-state index in [1.807, 2.05) is 30.3 Å². The van der Waals surface area contributed by atoms with Crippen LogP contribution >= 0.6 is 0 Å². The summed E-state index contributed by atoms with van der Waals surface area (Å²) in [7, 11) is 0. The van der Waals surface area contributed by atoms with Gasteiger partial charge in [0.05, 0.1) is 0 Å². The first kappa shape index (κ1) is 11.6. The van der Waals surface area contributed by atoms with Gasteiger partial charge in [-0.15, -0.1) is 0 Å². The molecule has 0 bridgehead atoms. The van der Waals surface area contributed by atoms with Crippen LogP contribution in [0.5, 0.6) is 5.75 Å². The first-order valence-electron chi connectivity index (χ1n) is 5.78. The second-order valence-electron chi connectivity index (χ2n) is 4.05. The Kier molecular flexibility index (Phi) is 3.23. The van der Waals surface area contributed by atoms with Crippen LogP contribution in [0.25, 0.3) is 10.8 Å². The molecule has 0 saturated heterocycles. The van der Waals surface area contributed by atoms with Crippen LogP contribution in [-0.4, -0.2) is 26.0 Å². The maximum atomic E-state index is 10.3. The molecule has 0 saturated carbocycles. The van der Waals surface area contributed by atoms with E-state index in [4.69, 9.17) is 0 Å². The second-order valence-corrected chi connectivity index (χ2v) is 7.23. The molecule has 0 unspecified atom stereocenters. The number of aromatic hydroxyl groups is 1. The zero-order valence-corrected chi connectivity index (χ0v) is 12.0. The number of phenolic OH excluding ortho intramolecular Hbond substituents is 1. The summed E-state index contributed by atoms with van der Waals surface area (Å²) in [5, 5.41) is 12.4. The van der Waals surface area contributed by atoms with E-state index in [2.05, 4.69) is 36.4 Å². The summed E-state index contributed by atoms with van der Waals surface area (Å²) >= 11 is -0.514. The van der Waals surface area contributed by atoms with Crippen molar-refractivity contribution in [3.63, 3.8) is 0 Å². The van der Waals surface area contributed by atoms with Gasteiger partial charge in [-0.3, -0.25) is 0 Å². The first-order valence-corrected chi connectivity index (χ1v) is 8.11. The monoisotopic (exact) mass is 350 g/mol. The topological polar surface area (TPSA) is 20.2 Å². The second kappa shape index (κ2) is 5.02. The molecule has 1 N–H and O–H groups in total. The van der Waals surface area contributed by atoms with Crippen molar-refractivity contribution in [2.45, 2.75) is 0 Å². The summed E-state index contributed by atoms with van der Waals surface area (Å²) < 4.78 is 2.44. The molecule has 0 aliphatic carbocycles. The van der Waals surface area contributed by atoms with Crippen LogP contribution in [0.2, 0.25) is 0 Å². The van der Waals surface area contributed by atoms with E-state index in [0.717, 1.165) is 14.4 Å². The number of rotatable bonds is 2. The van der Waals surface area contributed by atoms with E-state index in [1.54, 1.807) is 0 Å². The first-order chi connectivity index (χ1) is 8.84. The van der Waals surface area contributed by atoms with Crippen molar-refractivity contribution >= 4 is 38.9 Å². The fraction of sp³-hybridized carbons (Fsp3) is 0. The van der Waals surface area contributed by atoms with Crippen molar-refractivity contribution in [2.75, 3.05) is 0 Å². The molecule has 0 aliphatic rings. The van der Waals surface area contributed by atoms with E-state index in [-0.39, 0.29) is 0 Å². The molecule has 0 atom stereocenters. The van der Waals surface area contributed by atoms with Gasteiger partial charge < -0.3 is 0 Å². The van der Waals surface area contributed by atoms with Crippen molar-refractivity contribution < 1.29 is 5.11 Å². The molecule has 18 heavy (non-hydrogen) atoms. The summed E-state index contributed by atoms with van der Waals surface area (Å²) in [4.78, 5) is 0. The Bertz CT molecular complexity index is 677.